The lowest BCUT2D eigenvalue weighted by Gasteiger charge is -2.23. The molecule has 0 spiro atoms. The number of nitrogens with two attached hydrogens (primary N) is 1. The maximum atomic E-state index is 6.07. The molecule has 5 heteroatoms. The first kappa shape index (κ1) is 12.9. The normalized spacial score (nSPS) is 14.2. The van der Waals surface area contributed by atoms with Gasteiger partial charge in [0.25, 0.3) is 0 Å². The molecule has 18 heavy (non-hydrogen) atoms. The number of hydrogen-bond donors (Lipinski definition) is 1. The molecule has 0 aliphatic heterocycles. The molecule has 2 atom stereocenters. The highest BCUT2D eigenvalue weighted by Gasteiger charge is 2.22. The number of methoxy groups -OCH3 is 1. The lowest BCUT2D eigenvalue weighted by atomic mass is 10.0. The van der Waals surface area contributed by atoms with Crippen LogP contribution in [0, 0.1) is 0 Å². The highest BCUT2D eigenvalue weighted by atomic mass is 35.5. The summed E-state index contributed by atoms with van der Waals surface area (Å²) in [5.74, 6) is 0.798. The second-order valence-electron chi connectivity index (χ2n) is 4.18. The van der Waals surface area contributed by atoms with E-state index in [2.05, 4.69) is 5.10 Å². The third-order valence-electron chi connectivity index (χ3n) is 2.81. The Balaban J connectivity index is 2.48. The van der Waals surface area contributed by atoms with Crippen LogP contribution in [0.2, 0.25) is 5.02 Å². The lowest BCUT2D eigenvalue weighted by molar-refractivity contribution is 0.385. The van der Waals surface area contributed by atoms with Crippen LogP contribution in [0.3, 0.4) is 0 Å². The van der Waals surface area contributed by atoms with Gasteiger partial charge in [-0.25, -0.2) is 0 Å². The van der Waals surface area contributed by atoms with E-state index < -0.39 is 0 Å². The van der Waals surface area contributed by atoms with Crippen LogP contribution in [0.15, 0.2) is 36.7 Å². The SMILES string of the molecule is COc1ccccc1C(C(C)N)n1cc(Cl)cn1. The van der Waals surface area contributed by atoms with Crippen LogP contribution in [0.5, 0.6) is 5.75 Å². The van der Waals surface area contributed by atoms with Gasteiger partial charge in [-0.15, -0.1) is 0 Å². The smallest absolute Gasteiger partial charge is 0.124 e. The summed E-state index contributed by atoms with van der Waals surface area (Å²) in [5.41, 5.74) is 7.07. The Morgan fingerprint density at radius 1 is 1.39 bits per heavy atom. The van der Waals surface area contributed by atoms with Crippen molar-refractivity contribution in [3.8, 4) is 5.75 Å². The summed E-state index contributed by atoms with van der Waals surface area (Å²) < 4.78 is 7.14. The zero-order valence-corrected chi connectivity index (χ0v) is 11.1. The molecule has 1 aromatic carbocycles. The van der Waals surface area contributed by atoms with Crippen molar-refractivity contribution in [2.24, 2.45) is 5.73 Å². The summed E-state index contributed by atoms with van der Waals surface area (Å²) in [6.45, 7) is 1.94. The third-order valence-corrected chi connectivity index (χ3v) is 3.01. The summed E-state index contributed by atoms with van der Waals surface area (Å²) >= 11 is 5.91. The minimum absolute atomic E-state index is 0.103. The average Bonchev–Trinajstić information content (AvgIpc) is 2.76. The second-order valence-corrected chi connectivity index (χ2v) is 4.62. The quantitative estimate of drug-likeness (QED) is 0.924. The molecule has 4 nitrogen and oxygen atoms in total. The highest BCUT2D eigenvalue weighted by molar-refractivity contribution is 6.30. The Morgan fingerprint density at radius 3 is 2.67 bits per heavy atom. The highest BCUT2D eigenvalue weighted by Crippen LogP contribution is 2.29. The fourth-order valence-corrected chi connectivity index (χ4v) is 2.19. The Hall–Kier alpha value is -1.52. The molecule has 2 aromatic rings. The van der Waals surface area contributed by atoms with Crippen molar-refractivity contribution in [2.45, 2.75) is 19.0 Å². The van der Waals surface area contributed by atoms with Crippen molar-refractivity contribution >= 4 is 11.6 Å². The molecule has 0 radical (unpaired) electrons. The van der Waals surface area contributed by atoms with Crippen molar-refractivity contribution in [1.82, 2.24) is 9.78 Å². The fourth-order valence-electron chi connectivity index (χ4n) is 2.04. The molecule has 0 aliphatic rings. The van der Waals surface area contributed by atoms with Crippen molar-refractivity contribution in [3.05, 3.63) is 47.2 Å². The van der Waals surface area contributed by atoms with Gasteiger partial charge in [-0.2, -0.15) is 5.10 Å². The van der Waals surface area contributed by atoms with E-state index in [1.165, 1.54) is 0 Å². The third kappa shape index (κ3) is 2.49. The van der Waals surface area contributed by atoms with Crippen LogP contribution in [-0.4, -0.2) is 22.9 Å². The van der Waals surface area contributed by atoms with Crippen molar-refractivity contribution in [2.75, 3.05) is 7.11 Å². The zero-order chi connectivity index (χ0) is 13.1. The van der Waals surface area contributed by atoms with Crippen LogP contribution in [-0.2, 0) is 0 Å². The Bertz CT molecular complexity index is 524. The summed E-state index contributed by atoms with van der Waals surface area (Å²) in [4.78, 5) is 0. The standard InChI is InChI=1S/C13H16ClN3O/c1-9(15)13(17-8-10(14)7-16-17)11-5-3-4-6-12(11)18-2/h3-9,13H,15H2,1-2H3. The van der Waals surface area contributed by atoms with Crippen molar-refractivity contribution in [3.63, 3.8) is 0 Å². The van der Waals surface area contributed by atoms with E-state index in [1.807, 2.05) is 31.2 Å². The monoisotopic (exact) mass is 265 g/mol. The van der Waals surface area contributed by atoms with Gasteiger partial charge in [0.15, 0.2) is 0 Å². The van der Waals surface area contributed by atoms with Gasteiger partial charge < -0.3 is 10.5 Å². The van der Waals surface area contributed by atoms with Crippen LogP contribution in [0.4, 0.5) is 0 Å². The number of nitrogens with zero attached hydrogens (tertiary/aromatic N) is 2. The summed E-state index contributed by atoms with van der Waals surface area (Å²) in [5, 5.41) is 4.83. The number of hydrogen-bond acceptors (Lipinski definition) is 3. The van der Waals surface area contributed by atoms with Gasteiger partial charge in [-0.05, 0) is 13.0 Å². The summed E-state index contributed by atoms with van der Waals surface area (Å²) in [7, 11) is 1.65. The first-order valence-electron chi connectivity index (χ1n) is 5.71. The molecule has 2 rings (SSSR count). The van der Waals surface area contributed by atoms with Gasteiger partial charge in [0.1, 0.15) is 5.75 Å². The molecule has 2 unspecified atom stereocenters. The molecule has 2 N–H and O–H groups in total. The largest absolute Gasteiger partial charge is 0.496 e. The lowest BCUT2D eigenvalue weighted by Crippen LogP contribution is -2.30. The molecule has 0 bridgehead atoms. The van der Waals surface area contributed by atoms with Gasteiger partial charge in [-0.3, -0.25) is 4.68 Å². The fraction of sp³-hybridized carbons (Fsp3) is 0.308. The maximum absolute atomic E-state index is 6.07. The molecule has 96 valence electrons. The maximum Gasteiger partial charge on any atom is 0.124 e. The van der Waals surface area contributed by atoms with Gasteiger partial charge in [-0.1, -0.05) is 29.8 Å². The number of halogens is 1. The molecule has 1 heterocycles. The first-order chi connectivity index (χ1) is 8.63. The predicted octanol–water partition coefficient (Wildman–Crippen LogP) is 2.48. The van der Waals surface area contributed by atoms with Crippen molar-refractivity contribution in [1.29, 1.82) is 0 Å². The van der Waals surface area contributed by atoms with E-state index >= 15 is 0 Å². The second kappa shape index (κ2) is 5.42. The summed E-state index contributed by atoms with van der Waals surface area (Å²) in [6, 6.07) is 7.57. The summed E-state index contributed by atoms with van der Waals surface area (Å²) in [6.07, 6.45) is 3.37. The van der Waals surface area contributed by atoms with Crippen molar-refractivity contribution < 1.29 is 4.74 Å². The Labute approximate surface area is 111 Å². The minimum atomic E-state index is -0.114. The van der Waals surface area contributed by atoms with E-state index in [-0.39, 0.29) is 12.1 Å². The van der Waals surface area contributed by atoms with E-state index in [9.17, 15) is 0 Å². The van der Waals surface area contributed by atoms with Crippen LogP contribution >= 0.6 is 11.6 Å². The number of aromatic nitrogens is 2. The van der Waals surface area contributed by atoms with Gasteiger partial charge >= 0.3 is 0 Å². The van der Waals surface area contributed by atoms with E-state index in [4.69, 9.17) is 22.1 Å². The van der Waals surface area contributed by atoms with Crippen LogP contribution < -0.4 is 10.5 Å². The van der Waals surface area contributed by atoms with E-state index in [0.29, 0.717) is 5.02 Å². The molecular formula is C13H16ClN3O. The number of para-hydroxylation sites is 1. The Morgan fingerprint density at radius 2 is 2.11 bits per heavy atom. The zero-order valence-electron chi connectivity index (χ0n) is 10.4. The van der Waals surface area contributed by atoms with E-state index in [1.54, 1.807) is 24.2 Å². The van der Waals surface area contributed by atoms with Crippen LogP contribution in [0.25, 0.3) is 0 Å². The number of rotatable bonds is 4. The predicted molar refractivity (Wildman–Crippen MR) is 72.0 cm³/mol. The first-order valence-corrected chi connectivity index (χ1v) is 6.09. The molecule has 0 amide bonds. The molecule has 1 aromatic heterocycles. The van der Waals surface area contributed by atoms with Gasteiger partial charge in [0.2, 0.25) is 0 Å². The minimum Gasteiger partial charge on any atom is -0.496 e. The molecule has 0 saturated carbocycles. The Kier molecular flexibility index (Phi) is 3.89. The number of ether oxygens (including phenoxy) is 1. The average molecular weight is 266 g/mol. The van der Waals surface area contributed by atoms with Gasteiger partial charge in [0.05, 0.1) is 24.4 Å². The molecule has 0 saturated heterocycles. The van der Waals surface area contributed by atoms with E-state index in [0.717, 1.165) is 11.3 Å². The topological polar surface area (TPSA) is 53.1 Å². The molecule has 0 fully saturated rings. The molecule has 0 aliphatic carbocycles. The number of benzene rings is 1. The van der Waals surface area contributed by atoms with Gasteiger partial charge in [0, 0.05) is 17.8 Å². The molecular weight excluding hydrogens is 250 g/mol. The van der Waals surface area contributed by atoms with Crippen LogP contribution in [0.1, 0.15) is 18.5 Å².